The Bertz CT molecular complexity index is 491. The number of nitrogens with one attached hydrogen (secondary N) is 1. The molecule has 1 aliphatic rings. The molecular weight excluding hydrogens is 254 g/mol. The number of hydrogen-bond donors (Lipinski definition) is 1. The van der Waals surface area contributed by atoms with Gasteiger partial charge in [-0.25, -0.2) is 0 Å². The molecule has 1 unspecified atom stereocenters. The second kappa shape index (κ2) is 5.56. The van der Waals surface area contributed by atoms with Gasteiger partial charge in [0.15, 0.2) is 0 Å². The Hall–Kier alpha value is -1.36. The van der Waals surface area contributed by atoms with E-state index in [1.165, 1.54) is 5.56 Å². The van der Waals surface area contributed by atoms with E-state index in [0.29, 0.717) is 6.04 Å². The lowest BCUT2D eigenvalue weighted by molar-refractivity contribution is -0.140. The highest BCUT2D eigenvalue weighted by Gasteiger charge is 2.32. The maximum atomic E-state index is 12.2. The molecule has 1 N–H and O–H groups in total. The molecule has 1 aliphatic carbocycles. The van der Waals surface area contributed by atoms with E-state index < -0.39 is 5.60 Å². The van der Waals surface area contributed by atoms with Crippen molar-refractivity contribution in [2.45, 2.75) is 64.6 Å². The van der Waals surface area contributed by atoms with Crippen LogP contribution in [0.3, 0.4) is 0 Å². The summed E-state index contributed by atoms with van der Waals surface area (Å²) in [6.07, 6.45) is 5.17. The molecule has 1 aromatic heterocycles. The zero-order chi connectivity index (χ0) is 14.9. The fraction of sp³-hybridized carbons (Fsp3) is 0.733. The second-order valence-electron chi connectivity index (χ2n) is 6.25. The number of aryl methyl sites for hydroxylation is 1. The second-order valence-corrected chi connectivity index (χ2v) is 6.25. The lowest BCUT2D eigenvalue weighted by atomic mass is 9.93. The molecule has 1 aromatic rings. The predicted octanol–water partition coefficient (Wildman–Crippen LogP) is 2.38. The van der Waals surface area contributed by atoms with Crippen LogP contribution in [0.5, 0.6) is 0 Å². The summed E-state index contributed by atoms with van der Waals surface area (Å²) in [6, 6.07) is 0.341. The molecule has 0 fully saturated rings. The normalized spacial score (nSPS) is 19.0. The van der Waals surface area contributed by atoms with Gasteiger partial charge < -0.3 is 10.1 Å². The molecule has 0 spiro atoms. The first-order valence-corrected chi connectivity index (χ1v) is 7.29. The van der Waals surface area contributed by atoms with Crippen molar-refractivity contribution in [1.82, 2.24) is 15.1 Å². The van der Waals surface area contributed by atoms with Crippen molar-refractivity contribution in [2.75, 3.05) is 7.11 Å². The fourth-order valence-electron chi connectivity index (χ4n) is 2.39. The molecule has 0 aromatic carbocycles. The van der Waals surface area contributed by atoms with Crippen LogP contribution in [0.25, 0.3) is 0 Å². The molecule has 1 amide bonds. The summed E-state index contributed by atoms with van der Waals surface area (Å²) in [6.45, 7) is 7.78. The van der Waals surface area contributed by atoms with Gasteiger partial charge in [-0.2, -0.15) is 5.10 Å². The third-order valence-corrected chi connectivity index (χ3v) is 4.00. The summed E-state index contributed by atoms with van der Waals surface area (Å²) >= 11 is 0. The highest BCUT2D eigenvalue weighted by Crippen LogP contribution is 2.30. The van der Waals surface area contributed by atoms with Crippen molar-refractivity contribution in [3.63, 3.8) is 0 Å². The van der Waals surface area contributed by atoms with Crippen molar-refractivity contribution in [3.05, 3.63) is 17.5 Å². The van der Waals surface area contributed by atoms with Crippen LogP contribution in [0.1, 0.15) is 63.9 Å². The summed E-state index contributed by atoms with van der Waals surface area (Å²) in [4.78, 5) is 12.2. The van der Waals surface area contributed by atoms with Crippen LogP contribution >= 0.6 is 0 Å². The SMILES string of the molecule is COC(C)(C)C(=O)NC1CCCc2cn(C(C)C)nc21. The topological polar surface area (TPSA) is 56.1 Å². The van der Waals surface area contributed by atoms with Gasteiger partial charge in [0.05, 0.1) is 11.7 Å². The zero-order valence-electron chi connectivity index (χ0n) is 13.1. The number of hydrogen-bond acceptors (Lipinski definition) is 3. The van der Waals surface area contributed by atoms with Gasteiger partial charge in [-0.3, -0.25) is 9.48 Å². The number of carbonyl (C=O) groups excluding carboxylic acids is 1. The maximum absolute atomic E-state index is 12.2. The van der Waals surface area contributed by atoms with E-state index in [2.05, 4.69) is 30.5 Å². The van der Waals surface area contributed by atoms with Crippen LogP contribution in [0.4, 0.5) is 0 Å². The van der Waals surface area contributed by atoms with E-state index in [4.69, 9.17) is 4.74 Å². The molecule has 112 valence electrons. The number of nitrogens with zero attached hydrogens (tertiary/aromatic N) is 2. The van der Waals surface area contributed by atoms with Crippen molar-refractivity contribution in [3.8, 4) is 0 Å². The average Bonchev–Trinajstić information content (AvgIpc) is 2.84. The van der Waals surface area contributed by atoms with E-state index >= 15 is 0 Å². The number of aromatic nitrogens is 2. The molecule has 0 bridgehead atoms. The first kappa shape index (κ1) is 15.0. The minimum absolute atomic E-state index is 0.000625. The van der Waals surface area contributed by atoms with Crippen molar-refractivity contribution in [1.29, 1.82) is 0 Å². The Balaban J connectivity index is 2.18. The van der Waals surface area contributed by atoms with E-state index in [9.17, 15) is 4.79 Å². The van der Waals surface area contributed by atoms with E-state index in [0.717, 1.165) is 25.0 Å². The lowest BCUT2D eigenvalue weighted by Gasteiger charge is -2.27. The maximum Gasteiger partial charge on any atom is 0.252 e. The molecule has 5 nitrogen and oxygen atoms in total. The van der Waals surface area contributed by atoms with E-state index in [1.54, 1.807) is 21.0 Å². The Labute approximate surface area is 120 Å². The molecule has 0 aliphatic heterocycles. The Morgan fingerprint density at radius 1 is 1.55 bits per heavy atom. The molecule has 1 atom stereocenters. The van der Waals surface area contributed by atoms with Gasteiger partial charge in [0.1, 0.15) is 5.60 Å². The summed E-state index contributed by atoms with van der Waals surface area (Å²) < 4.78 is 7.22. The Morgan fingerprint density at radius 2 is 2.25 bits per heavy atom. The molecule has 20 heavy (non-hydrogen) atoms. The van der Waals surface area contributed by atoms with Crippen LogP contribution in [0.15, 0.2) is 6.20 Å². The third kappa shape index (κ3) is 2.87. The largest absolute Gasteiger partial charge is 0.369 e. The van der Waals surface area contributed by atoms with Crippen molar-refractivity contribution in [2.24, 2.45) is 0 Å². The van der Waals surface area contributed by atoms with Gasteiger partial charge >= 0.3 is 0 Å². The number of fused-ring (bicyclic) bond motifs is 1. The highest BCUT2D eigenvalue weighted by atomic mass is 16.5. The van der Waals surface area contributed by atoms with E-state index in [1.807, 2.05) is 4.68 Å². The third-order valence-electron chi connectivity index (χ3n) is 4.00. The van der Waals surface area contributed by atoms with Crippen LogP contribution in [0.2, 0.25) is 0 Å². The van der Waals surface area contributed by atoms with Gasteiger partial charge in [-0.05, 0) is 52.5 Å². The first-order chi connectivity index (χ1) is 9.35. The number of carbonyl (C=O) groups is 1. The standard InChI is InChI=1S/C15H25N3O2/c1-10(2)18-9-11-7-6-8-12(13(11)17-18)16-14(19)15(3,4)20-5/h9-10,12H,6-8H2,1-5H3,(H,16,19). The average molecular weight is 279 g/mol. The van der Waals surface area contributed by atoms with Gasteiger partial charge in [0, 0.05) is 19.3 Å². The fourth-order valence-corrected chi connectivity index (χ4v) is 2.39. The quantitative estimate of drug-likeness (QED) is 0.920. The summed E-state index contributed by atoms with van der Waals surface area (Å²) in [5.41, 5.74) is 1.47. The minimum Gasteiger partial charge on any atom is -0.369 e. The zero-order valence-corrected chi connectivity index (χ0v) is 13.1. The van der Waals surface area contributed by atoms with E-state index in [-0.39, 0.29) is 11.9 Å². The van der Waals surface area contributed by atoms with Crippen molar-refractivity contribution < 1.29 is 9.53 Å². The summed E-state index contributed by atoms with van der Waals surface area (Å²) in [7, 11) is 1.55. The molecule has 5 heteroatoms. The number of ether oxygens (including phenoxy) is 1. The van der Waals surface area contributed by atoms with Crippen molar-refractivity contribution >= 4 is 5.91 Å². The highest BCUT2D eigenvalue weighted by molar-refractivity contribution is 5.84. The molecule has 2 rings (SSSR count). The Kier molecular flexibility index (Phi) is 4.18. The number of rotatable bonds is 4. The number of methoxy groups -OCH3 is 1. The van der Waals surface area contributed by atoms with Crippen LogP contribution in [0, 0.1) is 0 Å². The first-order valence-electron chi connectivity index (χ1n) is 7.29. The minimum atomic E-state index is -0.807. The predicted molar refractivity (Wildman–Crippen MR) is 77.5 cm³/mol. The smallest absolute Gasteiger partial charge is 0.252 e. The summed E-state index contributed by atoms with van der Waals surface area (Å²) in [5.74, 6) is -0.0862. The molecule has 0 saturated heterocycles. The Morgan fingerprint density at radius 3 is 2.85 bits per heavy atom. The lowest BCUT2D eigenvalue weighted by Crippen LogP contribution is -2.45. The monoisotopic (exact) mass is 279 g/mol. The van der Waals surface area contributed by atoms with Crippen LogP contribution in [-0.2, 0) is 16.0 Å². The molecule has 0 radical (unpaired) electrons. The number of amides is 1. The summed E-state index contributed by atoms with van der Waals surface area (Å²) in [5, 5.41) is 7.73. The van der Waals surface area contributed by atoms with Gasteiger partial charge in [-0.15, -0.1) is 0 Å². The van der Waals surface area contributed by atoms with Crippen LogP contribution in [-0.4, -0.2) is 28.4 Å². The molecule has 0 saturated carbocycles. The van der Waals surface area contributed by atoms with Crippen LogP contribution < -0.4 is 5.32 Å². The molecule has 1 heterocycles. The molecular formula is C15H25N3O2. The van der Waals surface area contributed by atoms with Gasteiger partial charge in [-0.1, -0.05) is 0 Å². The van der Waals surface area contributed by atoms with Gasteiger partial charge in [0.25, 0.3) is 5.91 Å². The van der Waals surface area contributed by atoms with Gasteiger partial charge in [0.2, 0.25) is 0 Å².